The van der Waals surface area contributed by atoms with Gasteiger partial charge in [-0.15, -0.1) is 0 Å². The summed E-state index contributed by atoms with van der Waals surface area (Å²) in [6, 6.07) is 9.00. The lowest BCUT2D eigenvalue weighted by Crippen LogP contribution is -2.02. The van der Waals surface area contributed by atoms with Crippen molar-refractivity contribution in [2.45, 2.75) is 6.92 Å². The normalized spacial score (nSPS) is 10.8. The first-order valence-electron chi connectivity index (χ1n) is 7.58. The number of oxazole rings is 1. The predicted octanol–water partition coefficient (Wildman–Crippen LogP) is 3.10. The number of nitrogens with one attached hydrogen (secondary N) is 3. The van der Waals surface area contributed by atoms with Gasteiger partial charge in [-0.3, -0.25) is 9.97 Å². The maximum Gasteiger partial charge on any atom is 0.417 e. The molecule has 0 aliphatic heterocycles. The molecule has 0 unspecified atom stereocenters. The summed E-state index contributed by atoms with van der Waals surface area (Å²) in [4.78, 5) is 26.6. The summed E-state index contributed by atoms with van der Waals surface area (Å²) < 4.78 is 5.00. The molecule has 3 N–H and O–H groups in total. The second-order valence-corrected chi connectivity index (χ2v) is 5.44. The number of fused-ring (bicyclic) bond motifs is 1. The molecule has 0 saturated carbocycles. The summed E-state index contributed by atoms with van der Waals surface area (Å²) in [6.45, 7) is 1.91. The fourth-order valence-electron chi connectivity index (χ4n) is 2.36. The third-order valence-electron chi connectivity index (χ3n) is 3.59. The highest BCUT2D eigenvalue weighted by Gasteiger charge is 2.07. The van der Waals surface area contributed by atoms with Crippen LogP contribution in [0.2, 0.25) is 0 Å². The number of anilines is 4. The Kier molecular flexibility index (Phi) is 3.62. The third kappa shape index (κ3) is 3.18. The lowest BCUT2D eigenvalue weighted by molar-refractivity contribution is 0.555. The molecule has 0 spiro atoms. The molecular formula is C17H14N6O2. The maximum atomic E-state index is 11.3. The molecule has 25 heavy (non-hydrogen) atoms. The quantitative estimate of drug-likeness (QED) is 0.526. The van der Waals surface area contributed by atoms with E-state index in [4.69, 9.17) is 4.42 Å². The van der Waals surface area contributed by atoms with Crippen molar-refractivity contribution in [3.05, 3.63) is 65.0 Å². The van der Waals surface area contributed by atoms with Crippen molar-refractivity contribution in [3.63, 3.8) is 0 Å². The van der Waals surface area contributed by atoms with Gasteiger partial charge < -0.3 is 15.1 Å². The minimum atomic E-state index is -0.478. The molecular weight excluding hydrogens is 320 g/mol. The molecule has 0 amide bonds. The van der Waals surface area contributed by atoms with Crippen molar-refractivity contribution in [1.82, 2.24) is 19.9 Å². The lowest BCUT2D eigenvalue weighted by atomic mass is 10.2. The van der Waals surface area contributed by atoms with Crippen LogP contribution in [0.3, 0.4) is 0 Å². The van der Waals surface area contributed by atoms with E-state index < -0.39 is 5.76 Å². The zero-order chi connectivity index (χ0) is 17.2. The number of H-pyrrole nitrogens is 1. The van der Waals surface area contributed by atoms with E-state index >= 15 is 0 Å². The second-order valence-electron chi connectivity index (χ2n) is 5.44. The van der Waals surface area contributed by atoms with Crippen molar-refractivity contribution in [2.75, 3.05) is 10.6 Å². The number of rotatable bonds is 4. The lowest BCUT2D eigenvalue weighted by Gasteiger charge is -2.11. The Morgan fingerprint density at radius 1 is 1.08 bits per heavy atom. The summed E-state index contributed by atoms with van der Waals surface area (Å²) in [7, 11) is 0. The Bertz CT molecular complexity index is 1090. The molecule has 0 atom stereocenters. The Morgan fingerprint density at radius 3 is 2.76 bits per heavy atom. The van der Waals surface area contributed by atoms with Crippen molar-refractivity contribution in [2.24, 2.45) is 0 Å². The molecule has 8 heteroatoms. The fraction of sp³-hybridized carbons (Fsp3) is 0.0588. The van der Waals surface area contributed by atoms with Crippen LogP contribution in [0, 0.1) is 6.92 Å². The van der Waals surface area contributed by atoms with E-state index in [1.807, 2.05) is 25.1 Å². The molecule has 3 aromatic heterocycles. The van der Waals surface area contributed by atoms with Gasteiger partial charge in [0.1, 0.15) is 5.82 Å². The molecule has 3 heterocycles. The van der Waals surface area contributed by atoms with Crippen LogP contribution in [-0.4, -0.2) is 19.9 Å². The zero-order valence-electron chi connectivity index (χ0n) is 13.3. The van der Waals surface area contributed by atoms with Gasteiger partial charge in [-0.25, -0.2) is 9.78 Å². The SMILES string of the molecule is Cc1cnc(Nc2ccncc2)nc1Nc1ccc2oc(=O)[nH]c2c1. The Morgan fingerprint density at radius 2 is 1.92 bits per heavy atom. The minimum absolute atomic E-state index is 0.470. The molecule has 0 aliphatic carbocycles. The summed E-state index contributed by atoms with van der Waals surface area (Å²) in [6.07, 6.45) is 5.12. The average molecular weight is 334 g/mol. The van der Waals surface area contributed by atoms with Gasteiger partial charge >= 0.3 is 5.76 Å². The molecule has 124 valence electrons. The van der Waals surface area contributed by atoms with Crippen molar-refractivity contribution in [1.29, 1.82) is 0 Å². The molecule has 0 fully saturated rings. The number of hydrogen-bond acceptors (Lipinski definition) is 7. The number of aromatic nitrogens is 4. The standard InChI is InChI=1S/C17H14N6O2/c1-10-9-19-16(21-11-4-6-18-7-5-11)23-15(10)20-12-2-3-14-13(8-12)22-17(24)25-14/h2-9H,1H3,(H,22,24)(H2,18,19,20,21,23). The van der Waals surface area contributed by atoms with Crippen LogP contribution in [0.25, 0.3) is 11.1 Å². The van der Waals surface area contributed by atoms with Crippen LogP contribution in [0.15, 0.2) is 58.1 Å². The summed E-state index contributed by atoms with van der Waals surface area (Å²) >= 11 is 0. The van der Waals surface area contributed by atoms with Crippen molar-refractivity contribution < 1.29 is 4.42 Å². The monoisotopic (exact) mass is 334 g/mol. The van der Waals surface area contributed by atoms with E-state index in [-0.39, 0.29) is 0 Å². The van der Waals surface area contributed by atoms with Gasteiger partial charge in [0, 0.05) is 35.5 Å². The number of aryl methyl sites for hydroxylation is 1. The number of benzene rings is 1. The van der Waals surface area contributed by atoms with Gasteiger partial charge in [-0.05, 0) is 37.3 Å². The van der Waals surface area contributed by atoms with Gasteiger partial charge in [0.2, 0.25) is 5.95 Å². The molecule has 8 nitrogen and oxygen atoms in total. The Labute approximate surface area is 142 Å². The molecule has 0 saturated heterocycles. The van der Waals surface area contributed by atoms with E-state index in [1.165, 1.54) is 0 Å². The van der Waals surface area contributed by atoms with Crippen LogP contribution < -0.4 is 16.4 Å². The highest BCUT2D eigenvalue weighted by molar-refractivity contribution is 5.78. The molecule has 1 aromatic carbocycles. The van der Waals surface area contributed by atoms with E-state index in [0.717, 1.165) is 16.9 Å². The van der Waals surface area contributed by atoms with Gasteiger partial charge in [-0.2, -0.15) is 4.98 Å². The molecule has 0 bridgehead atoms. The summed E-state index contributed by atoms with van der Waals surface area (Å²) in [5.41, 5.74) is 3.65. The van der Waals surface area contributed by atoms with Crippen LogP contribution in [0.4, 0.5) is 23.1 Å². The van der Waals surface area contributed by atoms with E-state index in [9.17, 15) is 4.79 Å². The first kappa shape index (κ1) is 14.9. The first-order chi connectivity index (χ1) is 12.2. The largest absolute Gasteiger partial charge is 0.417 e. The topological polar surface area (TPSA) is 109 Å². The summed E-state index contributed by atoms with van der Waals surface area (Å²) in [5, 5.41) is 6.36. The van der Waals surface area contributed by atoms with E-state index in [1.54, 1.807) is 30.7 Å². The molecule has 0 radical (unpaired) electrons. The fourth-order valence-corrected chi connectivity index (χ4v) is 2.36. The Hall–Kier alpha value is -3.68. The summed E-state index contributed by atoms with van der Waals surface area (Å²) in [5.74, 6) is 0.656. The zero-order valence-corrected chi connectivity index (χ0v) is 13.3. The average Bonchev–Trinajstić information content (AvgIpc) is 2.98. The van der Waals surface area contributed by atoms with E-state index in [2.05, 4.69) is 30.6 Å². The molecule has 0 aliphatic rings. The van der Waals surface area contributed by atoms with Crippen LogP contribution in [0.5, 0.6) is 0 Å². The van der Waals surface area contributed by atoms with Gasteiger partial charge in [0.05, 0.1) is 5.52 Å². The maximum absolute atomic E-state index is 11.3. The first-order valence-corrected chi connectivity index (χ1v) is 7.58. The van der Waals surface area contributed by atoms with Crippen LogP contribution in [0.1, 0.15) is 5.56 Å². The van der Waals surface area contributed by atoms with Gasteiger partial charge in [0.15, 0.2) is 5.58 Å². The van der Waals surface area contributed by atoms with Gasteiger partial charge in [0.25, 0.3) is 0 Å². The predicted molar refractivity (Wildman–Crippen MR) is 94.4 cm³/mol. The van der Waals surface area contributed by atoms with Crippen molar-refractivity contribution in [3.8, 4) is 0 Å². The number of nitrogens with zero attached hydrogens (tertiary/aromatic N) is 3. The van der Waals surface area contributed by atoms with Crippen molar-refractivity contribution >= 4 is 34.2 Å². The minimum Gasteiger partial charge on any atom is -0.408 e. The number of aromatic amines is 1. The molecule has 4 rings (SSSR count). The second kappa shape index (κ2) is 6.08. The number of pyridine rings is 1. The van der Waals surface area contributed by atoms with E-state index in [0.29, 0.717) is 22.9 Å². The third-order valence-corrected chi connectivity index (χ3v) is 3.59. The number of hydrogen-bond donors (Lipinski definition) is 3. The van der Waals surface area contributed by atoms with Crippen LogP contribution >= 0.6 is 0 Å². The van der Waals surface area contributed by atoms with Gasteiger partial charge in [-0.1, -0.05) is 0 Å². The smallest absolute Gasteiger partial charge is 0.408 e. The molecule has 4 aromatic rings. The highest BCUT2D eigenvalue weighted by Crippen LogP contribution is 2.23. The highest BCUT2D eigenvalue weighted by atomic mass is 16.4. The Balaban J connectivity index is 1.62. The van der Waals surface area contributed by atoms with Crippen LogP contribution in [-0.2, 0) is 0 Å².